The fourth-order valence-electron chi connectivity index (χ4n) is 2.66. The average Bonchev–Trinajstić information content (AvgIpc) is 3.09. The molecule has 0 saturated carbocycles. The summed E-state index contributed by atoms with van der Waals surface area (Å²) < 4.78 is 24.4. The molecule has 1 aromatic heterocycles. The number of benzene rings is 1. The van der Waals surface area contributed by atoms with E-state index in [1.54, 1.807) is 0 Å². The molecule has 0 aliphatic carbocycles. The van der Waals surface area contributed by atoms with Gasteiger partial charge in [-0.3, -0.25) is 0 Å². The summed E-state index contributed by atoms with van der Waals surface area (Å²) in [6, 6.07) is 3.56. The molecular weight excluding hydrogens is 349 g/mol. The average molecular weight is 365 g/mol. The van der Waals surface area contributed by atoms with Crippen LogP contribution in [0.5, 0.6) is 0 Å². The minimum absolute atomic E-state index is 0.0560. The van der Waals surface area contributed by atoms with Crippen molar-refractivity contribution in [2.45, 2.75) is 25.6 Å². The Balaban J connectivity index is 1.58. The second-order valence-corrected chi connectivity index (χ2v) is 5.79. The molecule has 3 rings (SSSR count). The minimum Gasteiger partial charge on any atom is -0.478 e. The van der Waals surface area contributed by atoms with E-state index in [9.17, 15) is 14.0 Å². The lowest BCUT2D eigenvalue weighted by Crippen LogP contribution is -2.40. The van der Waals surface area contributed by atoms with Gasteiger partial charge in [-0.05, 0) is 31.0 Å². The summed E-state index contributed by atoms with van der Waals surface area (Å²) in [6.45, 7) is 0.870. The Kier molecular flexibility index (Phi) is 5.12. The molecule has 1 amide bonds. The van der Waals surface area contributed by atoms with Gasteiger partial charge in [0.05, 0.1) is 11.7 Å². The normalized spacial score (nSPS) is 15.2. The van der Waals surface area contributed by atoms with Gasteiger partial charge in [-0.2, -0.15) is 4.98 Å². The molecule has 138 valence electrons. The highest BCUT2D eigenvalue weighted by Gasteiger charge is 2.23. The van der Waals surface area contributed by atoms with E-state index in [1.165, 1.54) is 11.0 Å². The molecule has 26 heavy (non-hydrogen) atoms. The van der Waals surface area contributed by atoms with Crippen LogP contribution in [0.4, 0.5) is 9.18 Å². The summed E-state index contributed by atoms with van der Waals surface area (Å²) in [5.41, 5.74) is -0.147. The first-order valence-electron chi connectivity index (χ1n) is 7.89. The standard InChI is InChI=1S/C16H16FN3O6/c17-12-7-9(1-2-11(12)15(21)22)14-18-13(26-19-14)8-25-10-3-5-20(6-4-10)16(23)24/h1-2,7,10H,3-6,8H2,(H,21,22)(H,23,24). The van der Waals surface area contributed by atoms with Crippen molar-refractivity contribution >= 4 is 12.1 Å². The Morgan fingerprint density at radius 2 is 2.04 bits per heavy atom. The molecule has 2 N–H and O–H groups in total. The van der Waals surface area contributed by atoms with Crippen molar-refractivity contribution in [2.75, 3.05) is 13.1 Å². The lowest BCUT2D eigenvalue weighted by Gasteiger charge is -2.29. The first kappa shape index (κ1) is 17.8. The van der Waals surface area contributed by atoms with Gasteiger partial charge in [0.1, 0.15) is 12.4 Å². The summed E-state index contributed by atoms with van der Waals surface area (Å²) in [6.07, 6.45) is 0.115. The number of carboxylic acids is 1. The number of rotatable bonds is 5. The predicted octanol–water partition coefficient (Wildman–Crippen LogP) is 2.23. The van der Waals surface area contributed by atoms with Crippen molar-refractivity contribution in [3.05, 3.63) is 35.5 Å². The van der Waals surface area contributed by atoms with Gasteiger partial charge < -0.3 is 24.4 Å². The van der Waals surface area contributed by atoms with Crippen LogP contribution in [0, 0.1) is 5.82 Å². The SMILES string of the molecule is O=C(O)c1ccc(-c2noc(COC3CCN(C(=O)O)CC3)n2)cc1F. The summed E-state index contributed by atoms with van der Waals surface area (Å²) >= 11 is 0. The van der Waals surface area contributed by atoms with Crippen LogP contribution in [0.3, 0.4) is 0 Å². The van der Waals surface area contributed by atoms with Gasteiger partial charge in [0.2, 0.25) is 5.82 Å². The number of nitrogens with zero attached hydrogens (tertiary/aromatic N) is 3. The van der Waals surface area contributed by atoms with Crippen LogP contribution < -0.4 is 0 Å². The van der Waals surface area contributed by atoms with Crippen molar-refractivity contribution in [2.24, 2.45) is 0 Å². The van der Waals surface area contributed by atoms with Crippen molar-refractivity contribution in [1.82, 2.24) is 15.0 Å². The Labute approximate surface area is 147 Å². The van der Waals surface area contributed by atoms with Crippen molar-refractivity contribution in [1.29, 1.82) is 0 Å². The number of amides is 1. The summed E-state index contributed by atoms with van der Waals surface area (Å²) in [7, 11) is 0. The number of carboxylic acid groups (broad SMARTS) is 2. The fraction of sp³-hybridized carbons (Fsp3) is 0.375. The number of carbonyl (C=O) groups is 2. The summed E-state index contributed by atoms with van der Waals surface area (Å²) in [5, 5.41) is 21.5. The fourth-order valence-corrected chi connectivity index (χ4v) is 2.66. The molecule has 1 fully saturated rings. The molecule has 1 aliphatic rings. The van der Waals surface area contributed by atoms with E-state index in [0.29, 0.717) is 25.9 Å². The number of hydrogen-bond acceptors (Lipinski definition) is 6. The van der Waals surface area contributed by atoms with Crippen LogP contribution in [0.15, 0.2) is 22.7 Å². The maximum Gasteiger partial charge on any atom is 0.407 e. The molecule has 9 nitrogen and oxygen atoms in total. The van der Waals surface area contributed by atoms with Gasteiger partial charge in [0.25, 0.3) is 5.89 Å². The van der Waals surface area contributed by atoms with Crippen LogP contribution in [0.25, 0.3) is 11.4 Å². The zero-order chi connectivity index (χ0) is 18.7. The number of ether oxygens (including phenoxy) is 1. The molecule has 0 radical (unpaired) electrons. The van der Waals surface area contributed by atoms with Gasteiger partial charge in [-0.15, -0.1) is 0 Å². The van der Waals surface area contributed by atoms with Crippen LogP contribution in [-0.2, 0) is 11.3 Å². The molecular formula is C16H16FN3O6. The van der Waals surface area contributed by atoms with E-state index in [2.05, 4.69) is 10.1 Å². The summed E-state index contributed by atoms with van der Waals surface area (Å²) in [4.78, 5) is 27.1. The lowest BCUT2D eigenvalue weighted by molar-refractivity contribution is -0.00953. The highest BCUT2D eigenvalue weighted by atomic mass is 19.1. The molecule has 2 heterocycles. The smallest absolute Gasteiger partial charge is 0.407 e. The molecule has 10 heteroatoms. The quantitative estimate of drug-likeness (QED) is 0.826. The Hall–Kier alpha value is -3.01. The third kappa shape index (κ3) is 3.97. The van der Waals surface area contributed by atoms with Gasteiger partial charge in [-0.25, -0.2) is 14.0 Å². The molecule has 0 spiro atoms. The number of aromatic nitrogens is 2. The molecule has 2 aromatic rings. The maximum absolute atomic E-state index is 13.7. The predicted molar refractivity (Wildman–Crippen MR) is 84.1 cm³/mol. The van der Waals surface area contributed by atoms with Gasteiger partial charge in [0, 0.05) is 18.7 Å². The van der Waals surface area contributed by atoms with Crippen molar-refractivity contribution in [3.63, 3.8) is 0 Å². The third-order valence-electron chi connectivity index (χ3n) is 4.08. The minimum atomic E-state index is -1.36. The van der Waals surface area contributed by atoms with Crippen molar-refractivity contribution < 1.29 is 33.5 Å². The van der Waals surface area contributed by atoms with E-state index in [1.807, 2.05) is 0 Å². The molecule has 1 saturated heterocycles. The molecule has 1 aromatic carbocycles. The lowest BCUT2D eigenvalue weighted by atomic mass is 10.1. The first-order chi connectivity index (χ1) is 12.4. The van der Waals surface area contributed by atoms with Crippen molar-refractivity contribution in [3.8, 4) is 11.4 Å². The number of likely N-dealkylation sites (tertiary alicyclic amines) is 1. The highest BCUT2D eigenvalue weighted by molar-refractivity contribution is 5.88. The number of halogens is 1. The highest BCUT2D eigenvalue weighted by Crippen LogP contribution is 2.21. The molecule has 0 bridgehead atoms. The maximum atomic E-state index is 13.7. The van der Waals surface area contributed by atoms with E-state index in [0.717, 1.165) is 12.1 Å². The zero-order valence-electron chi connectivity index (χ0n) is 13.6. The second-order valence-electron chi connectivity index (χ2n) is 5.79. The molecule has 0 atom stereocenters. The van der Waals surface area contributed by atoms with Crippen LogP contribution in [-0.4, -0.2) is 56.5 Å². The Morgan fingerprint density at radius 1 is 1.31 bits per heavy atom. The van der Waals surface area contributed by atoms with Crippen LogP contribution in [0.2, 0.25) is 0 Å². The van der Waals surface area contributed by atoms with E-state index in [-0.39, 0.29) is 30.0 Å². The molecule has 1 aliphatic heterocycles. The number of piperidine rings is 1. The van der Waals surface area contributed by atoms with Gasteiger partial charge >= 0.3 is 12.1 Å². The largest absolute Gasteiger partial charge is 0.478 e. The third-order valence-corrected chi connectivity index (χ3v) is 4.08. The first-order valence-corrected chi connectivity index (χ1v) is 7.89. The van der Waals surface area contributed by atoms with E-state index >= 15 is 0 Å². The number of aromatic carboxylic acids is 1. The monoisotopic (exact) mass is 365 g/mol. The van der Waals surface area contributed by atoms with Gasteiger partial charge in [-0.1, -0.05) is 5.16 Å². The van der Waals surface area contributed by atoms with Crippen LogP contribution >= 0.6 is 0 Å². The second kappa shape index (κ2) is 7.48. The Bertz CT molecular complexity index is 816. The topological polar surface area (TPSA) is 126 Å². The van der Waals surface area contributed by atoms with Gasteiger partial charge in [0.15, 0.2) is 0 Å². The number of hydrogen-bond donors (Lipinski definition) is 2. The van der Waals surface area contributed by atoms with E-state index in [4.69, 9.17) is 19.5 Å². The molecule has 0 unspecified atom stereocenters. The van der Waals surface area contributed by atoms with E-state index < -0.39 is 23.4 Å². The van der Waals surface area contributed by atoms with Crippen LogP contribution in [0.1, 0.15) is 29.1 Å². The zero-order valence-corrected chi connectivity index (χ0v) is 13.6. The summed E-state index contributed by atoms with van der Waals surface area (Å²) in [5.74, 6) is -1.92. The Morgan fingerprint density at radius 3 is 2.65 bits per heavy atom.